The maximum atomic E-state index is 15.2. The summed E-state index contributed by atoms with van der Waals surface area (Å²) in [5.74, 6) is -3.80. The first kappa shape index (κ1) is 37.4. The van der Waals surface area contributed by atoms with Crippen LogP contribution in [0, 0.1) is 11.8 Å². The first-order valence-corrected chi connectivity index (χ1v) is 19.2. The van der Waals surface area contributed by atoms with Gasteiger partial charge in [-0.3, -0.25) is 24.1 Å². The average Bonchev–Trinajstić information content (AvgIpc) is 3.78. The van der Waals surface area contributed by atoms with E-state index in [0.717, 1.165) is 13.1 Å². The number of nitrogens with zero attached hydrogens (tertiary/aromatic N) is 4. The van der Waals surface area contributed by atoms with E-state index in [-0.39, 0.29) is 24.8 Å². The summed E-state index contributed by atoms with van der Waals surface area (Å²) in [4.78, 5) is 65.4. The van der Waals surface area contributed by atoms with Crippen LogP contribution in [0.15, 0.2) is 83.4 Å². The molecule has 1 spiro atoms. The number of amides is 3. The Hall–Kier alpha value is -3.88. The normalized spacial score (nSPS) is 32.5. The molecular formula is C40H47BrN4O8. The van der Waals surface area contributed by atoms with Crippen LogP contribution in [-0.4, -0.2) is 132 Å². The smallest absolute Gasteiger partial charge is 0.313 e. The molecule has 3 saturated heterocycles. The molecule has 0 aromatic heterocycles. The number of aliphatic hydroxyl groups excluding tert-OH is 1. The van der Waals surface area contributed by atoms with Gasteiger partial charge in [0, 0.05) is 50.7 Å². The van der Waals surface area contributed by atoms with E-state index < -0.39 is 66.3 Å². The monoisotopic (exact) mass is 790 g/mol. The first-order valence-electron chi connectivity index (χ1n) is 18.4. The highest BCUT2D eigenvalue weighted by Gasteiger charge is 2.75. The maximum Gasteiger partial charge on any atom is 0.313 e. The molecule has 12 nitrogen and oxygen atoms in total. The Morgan fingerprint density at radius 3 is 2.32 bits per heavy atom. The summed E-state index contributed by atoms with van der Waals surface area (Å²) < 4.78 is 19.2. The number of carbonyl (C=O) groups excluding carboxylic acids is 4. The van der Waals surface area contributed by atoms with Crippen LogP contribution >= 0.6 is 15.9 Å². The van der Waals surface area contributed by atoms with E-state index in [1.807, 2.05) is 79.7 Å². The van der Waals surface area contributed by atoms with Crippen LogP contribution in [0.1, 0.15) is 43.0 Å². The molecule has 2 aromatic carbocycles. The maximum absolute atomic E-state index is 15.2. The van der Waals surface area contributed by atoms with Gasteiger partial charge in [-0.1, -0.05) is 88.7 Å². The van der Waals surface area contributed by atoms with E-state index in [2.05, 4.69) is 20.8 Å². The standard InChI is InChI=1S/C40H47BrN4O8/c1-26-34(28-14-8-4-9-15-28)52-39(50)32-33-37(48)45(30(25-46)27-12-6-3-7-13-27)36(40(33)24-29(41)35(32)53-40)38(49)44(19-18-43-20-22-51-23-21-43)17-11-5-10-16-31(47)42(26)2/h3-9,11-15,24,26,30,32-36,46H,10,16-23,25H2,1-2H3/b11-5-/t26-,30+,32+,33-,34+,35+,36+,40-/m0/s1. The zero-order chi connectivity index (χ0) is 37.3. The van der Waals surface area contributed by atoms with Gasteiger partial charge in [-0.2, -0.15) is 0 Å². The second-order valence-electron chi connectivity index (χ2n) is 14.4. The predicted octanol–water partition coefficient (Wildman–Crippen LogP) is 3.24. The molecule has 7 rings (SSSR count). The Balaban J connectivity index is 1.34. The van der Waals surface area contributed by atoms with Crippen molar-refractivity contribution < 1.29 is 38.5 Å². The molecule has 5 heterocycles. The molecule has 282 valence electrons. The van der Waals surface area contributed by atoms with Crippen molar-refractivity contribution >= 4 is 39.6 Å². The van der Waals surface area contributed by atoms with Gasteiger partial charge in [0.1, 0.15) is 29.8 Å². The zero-order valence-electron chi connectivity index (χ0n) is 30.1. The molecule has 1 N–H and O–H groups in total. The van der Waals surface area contributed by atoms with Crippen molar-refractivity contribution in [1.29, 1.82) is 0 Å². The number of fused-ring (bicyclic) bond motifs is 2. The van der Waals surface area contributed by atoms with Crippen molar-refractivity contribution in [3.05, 3.63) is 94.5 Å². The molecule has 3 fully saturated rings. The van der Waals surface area contributed by atoms with E-state index in [1.54, 1.807) is 22.9 Å². The number of likely N-dealkylation sites (N-methyl/N-ethyl adjacent to an activating group) is 1. The SMILES string of the molecule is C[C@H]1[C@H](c2ccccc2)OC(=O)[C@H]2[C@@H]3O[C@@]4(C=C3Br)[C@@H]2C(=O)N([C@H](CO)c2ccccc2)[C@@H]4C(=O)N(CCN2CCOCC2)C/C=C\CCC(=O)N1C. The van der Waals surface area contributed by atoms with Crippen molar-refractivity contribution in [3.63, 3.8) is 0 Å². The fourth-order valence-corrected chi connectivity index (χ4v) is 9.28. The number of esters is 1. The van der Waals surface area contributed by atoms with Crippen molar-refractivity contribution in [1.82, 2.24) is 19.6 Å². The highest BCUT2D eigenvalue weighted by molar-refractivity contribution is 9.11. The largest absolute Gasteiger partial charge is 0.455 e. The Kier molecular flexibility index (Phi) is 11.2. The summed E-state index contributed by atoms with van der Waals surface area (Å²) in [5, 5.41) is 10.9. The van der Waals surface area contributed by atoms with Gasteiger partial charge >= 0.3 is 5.97 Å². The fourth-order valence-electron chi connectivity index (χ4n) is 8.55. The number of morpholine rings is 1. The zero-order valence-corrected chi connectivity index (χ0v) is 31.7. The molecule has 5 aliphatic rings. The van der Waals surface area contributed by atoms with Gasteiger partial charge in [0.25, 0.3) is 0 Å². The molecule has 5 aliphatic heterocycles. The number of benzene rings is 2. The number of halogens is 1. The summed E-state index contributed by atoms with van der Waals surface area (Å²) >= 11 is 3.65. The highest BCUT2D eigenvalue weighted by atomic mass is 79.9. The van der Waals surface area contributed by atoms with Gasteiger partial charge in [-0.25, -0.2) is 0 Å². The van der Waals surface area contributed by atoms with Crippen LogP contribution in [0.2, 0.25) is 0 Å². The van der Waals surface area contributed by atoms with Crippen LogP contribution in [0.25, 0.3) is 0 Å². The summed E-state index contributed by atoms with van der Waals surface area (Å²) in [6.07, 6.45) is 4.53. The second kappa shape index (κ2) is 15.8. The molecule has 3 amide bonds. The van der Waals surface area contributed by atoms with Crippen LogP contribution in [0.5, 0.6) is 0 Å². The van der Waals surface area contributed by atoms with Crippen molar-refractivity contribution in [2.75, 3.05) is 59.6 Å². The summed E-state index contributed by atoms with van der Waals surface area (Å²) in [6, 6.07) is 15.8. The number of carbonyl (C=O) groups is 4. The van der Waals surface area contributed by atoms with E-state index in [9.17, 15) is 14.7 Å². The van der Waals surface area contributed by atoms with Gasteiger partial charge in [0.2, 0.25) is 17.7 Å². The fraction of sp³-hybridized carbons (Fsp3) is 0.500. The number of hydrogen-bond acceptors (Lipinski definition) is 9. The lowest BCUT2D eigenvalue weighted by Crippen LogP contribution is -2.57. The third-order valence-electron chi connectivity index (χ3n) is 11.5. The van der Waals surface area contributed by atoms with Crippen molar-refractivity contribution in [2.45, 2.75) is 55.7 Å². The van der Waals surface area contributed by atoms with Crippen LogP contribution < -0.4 is 0 Å². The third kappa shape index (κ3) is 6.98. The summed E-state index contributed by atoms with van der Waals surface area (Å²) in [5.41, 5.74) is -0.159. The molecule has 0 aliphatic carbocycles. The third-order valence-corrected chi connectivity index (χ3v) is 12.2. The van der Waals surface area contributed by atoms with Gasteiger partial charge in [-0.05, 0) is 30.5 Å². The Labute approximate surface area is 318 Å². The van der Waals surface area contributed by atoms with Gasteiger partial charge in [-0.15, -0.1) is 0 Å². The molecule has 0 unspecified atom stereocenters. The van der Waals surface area contributed by atoms with E-state index in [0.29, 0.717) is 48.3 Å². The Morgan fingerprint density at radius 2 is 1.62 bits per heavy atom. The van der Waals surface area contributed by atoms with Crippen LogP contribution in [-0.2, 0) is 33.4 Å². The van der Waals surface area contributed by atoms with Gasteiger partial charge < -0.3 is 34.0 Å². The molecule has 13 heteroatoms. The molecular weight excluding hydrogens is 744 g/mol. The number of hydrogen-bond donors (Lipinski definition) is 1. The number of aliphatic hydroxyl groups is 1. The van der Waals surface area contributed by atoms with Gasteiger partial charge in [0.15, 0.2) is 0 Å². The predicted molar refractivity (Wildman–Crippen MR) is 198 cm³/mol. The lowest BCUT2D eigenvalue weighted by molar-refractivity contribution is -0.164. The number of ether oxygens (including phenoxy) is 3. The minimum Gasteiger partial charge on any atom is -0.455 e. The number of rotatable bonds is 7. The Morgan fingerprint density at radius 1 is 0.925 bits per heavy atom. The number of allylic oxidation sites excluding steroid dienone is 1. The van der Waals surface area contributed by atoms with Crippen LogP contribution in [0.4, 0.5) is 0 Å². The summed E-state index contributed by atoms with van der Waals surface area (Å²) in [7, 11) is 1.71. The molecule has 8 atom stereocenters. The lowest BCUT2D eigenvalue weighted by Gasteiger charge is -2.39. The van der Waals surface area contributed by atoms with E-state index in [4.69, 9.17) is 14.2 Å². The molecule has 0 radical (unpaired) electrons. The quantitative estimate of drug-likeness (QED) is 0.332. The second-order valence-corrected chi connectivity index (χ2v) is 15.4. The molecule has 2 aromatic rings. The minimum absolute atomic E-state index is 0.114. The molecule has 0 saturated carbocycles. The average molecular weight is 792 g/mol. The number of cyclic esters (lactones) is 1. The highest BCUT2D eigenvalue weighted by Crippen LogP contribution is 2.60. The Bertz CT molecular complexity index is 1740. The minimum atomic E-state index is -1.51. The first-order chi connectivity index (χ1) is 25.7. The number of likely N-dealkylation sites (tertiary alicyclic amines) is 1. The lowest BCUT2D eigenvalue weighted by atomic mass is 9.74. The molecule has 5 bridgehead atoms. The molecule has 53 heavy (non-hydrogen) atoms. The topological polar surface area (TPSA) is 129 Å². The van der Waals surface area contributed by atoms with Crippen molar-refractivity contribution in [3.8, 4) is 0 Å². The van der Waals surface area contributed by atoms with Crippen molar-refractivity contribution in [2.24, 2.45) is 11.8 Å². The van der Waals surface area contributed by atoms with E-state index >= 15 is 9.59 Å². The van der Waals surface area contributed by atoms with E-state index in [1.165, 1.54) is 4.90 Å². The summed E-state index contributed by atoms with van der Waals surface area (Å²) in [6.45, 7) is 5.25. The van der Waals surface area contributed by atoms with Crippen LogP contribution in [0.3, 0.4) is 0 Å². The van der Waals surface area contributed by atoms with Gasteiger partial charge in [0.05, 0.1) is 37.8 Å².